The first-order valence-corrected chi connectivity index (χ1v) is 5.26. The average molecular weight is 268 g/mol. The molecule has 1 aromatic rings. The van der Waals surface area contributed by atoms with Crippen molar-refractivity contribution in [1.29, 1.82) is 0 Å². The van der Waals surface area contributed by atoms with Crippen LogP contribution < -0.4 is 10.6 Å². The number of nitrogens with zero attached hydrogens (tertiary/aromatic N) is 3. The maximum atomic E-state index is 5.29. The topological polar surface area (TPSA) is 54.0 Å². The van der Waals surface area contributed by atoms with Crippen LogP contribution in [0.2, 0.25) is 0 Å². The van der Waals surface area contributed by atoms with Crippen molar-refractivity contribution in [2.24, 2.45) is 15.9 Å². The number of rotatable bonds is 3. The molecule has 0 aromatic heterocycles. The number of amidine groups is 1. The van der Waals surface area contributed by atoms with Gasteiger partial charge in [-0.05, 0) is 0 Å². The van der Waals surface area contributed by atoms with Crippen molar-refractivity contribution in [3.8, 4) is 0 Å². The van der Waals surface area contributed by atoms with Gasteiger partial charge in [-0.25, -0.2) is 0 Å². The van der Waals surface area contributed by atoms with Crippen LogP contribution in [0.3, 0.4) is 0 Å². The van der Waals surface area contributed by atoms with Gasteiger partial charge >= 0.3 is 97.4 Å². The van der Waals surface area contributed by atoms with Gasteiger partial charge in [-0.15, -0.1) is 0 Å². The summed E-state index contributed by atoms with van der Waals surface area (Å²) >= 11 is 2.56. The van der Waals surface area contributed by atoms with E-state index < -0.39 is 0 Å². The van der Waals surface area contributed by atoms with Crippen LogP contribution in [0, 0.1) is 0 Å². The van der Waals surface area contributed by atoms with Gasteiger partial charge in [0.2, 0.25) is 0 Å². The van der Waals surface area contributed by atoms with Gasteiger partial charge in [-0.1, -0.05) is 0 Å². The van der Waals surface area contributed by atoms with Crippen LogP contribution in [0.5, 0.6) is 0 Å². The zero-order chi connectivity index (χ0) is 11.3. The normalized spacial score (nSPS) is 12.0. The minimum atomic E-state index is 0.330. The monoisotopic (exact) mass is 269 g/mol. The summed E-state index contributed by atoms with van der Waals surface area (Å²) in [6.07, 6.45) is 1.66. The molecule has 0 fully saturated rings. The molecule has 0 atom stereocenters. The Morgan fingerprint density at radius 1 is 1.33 bits per heavy atom. The molecule has 2 N–H and O–H groups in total. The van der Waals surface area contributed by atoms with E-state index in [1.807, 2.05) is 43.3 Å². The van der Waals surface area contributed by atoms with Crippen molar-refractivity contribution >= 4 is 32.6 Å². The second kappa shape index (κ2) is 5.53. The average Bonchev–Trinajstić information content (AvgIpc) is 2.18. The molecule has 1 radical (unpaired) electrons. The van der Waals surface area contributed by atoms with Crippen molar-refractivity contribution < 1.29 is 0 Å². The first-order chi connectivity index (χ1) is 7.09. The van der Waals surface area contributed by atoms with Crippen LogP contribution in [0.25, 0.3) is 0 Å². The summed E-state index contributed by atoms with van der Waals surface area (Å²) in [6.45, 7) is 0. The summed E-state index contributed by atoms with van der Waals surface area (Å²) in [5.74, 6) is 0. The molecular weight excluding hydrogens is 255 g/mol. The third-order valence-corrected chi connectivity index (χ3v) is 1.94. The molecule has 0 aliphatic heterocycles. The second-order valence-corrected chi connectivity index (χ2v) is 4.05. The van der Waals surface area contributed by atoms with Crippen LogP contribution in [0.15, 0.2) is 34.5 Å². The molecular formula is C10H13N4Se. The van der Waals surface area contributed by atoms with E-state index in [2.05, 4.69) is 26.2 Å². The van der Waals surface area contributed by atoms with Gasteiger partial charge in [0.25, 0.3) is 0 Å². The summed E-state index contributed by atoms with van der Waals surface area (Å²) in [4.78, 5) is 2.04. The quantitative estimate of drug-likeness (QED) is 0.377. The molecule has 0 spiro atoms. The number of hydrogen-bond acceptors (Lipinski definition) is 3. The van der Waals surface area contributed by atoms with E-state index in [0.29, 0.717) is 4.73 Å². The van der Waals surface area contributed by atoms with Crippen LogP contribution in [-0.4, -0.2) is 41.1 Å². The zero-order valence-corrected chi connectivity index (χ0v) is 10.4. The Morgan fingerprint density at radius 3 is 2.40 bits per heavy atom. The number of hydrogen-bond donors (Lipinski definition) is 1. The summed E-state index contributed by atoms with van der Waals surface area (Å²) in [6, 6.07) is 7.99. The minimum absolute atomic E-state index is 0.330. The summed E-state index contributed by atoms with van der Waals surface area (Å²) in [5.41, 5.74) is 7.44. The van der Waals surface area contributed by atoms with Crippen molar-refractivity contribution in [3.63, 3.8) is 0 Å². The Kier molecular flexibility index (Phi) is 4.34. The summed E-state index contributed by atoms with van der Waals surface area (Å²) in [5, 5.41) is 7.48. The fraction of sp³-hybridized carbons (Fsp3) is 0.200. The van der Waals surface area contributed by atoms with E-state index in [9.17, 15) is 0 Å². The van der Waals surface area contributed by atoms with E-state index in [0.717, 1.165) is 11.3 Å². The molecule has 0 saturated heterocycles. The molecule has 1 rings (SSSR count). The summed E-state index contributed by atoms with van der Waals surface area (Å²) in [7, 11) is 4.00. The van der Waals surface area contributed by atoms with Crippen LogP contribution >= 0.6 is 0 Å². The van der Waals surface area contributed by atoms with Gasteiger partial charge in [0, 0.05) is 0 Å². The third-order valence-electron chi connectivity index (χ3n) is 1.77. The molecule has 0 saturated carbocycles. The van der Waals surface area contributed by atoms with E-state index in [1.54, 1.807) is 6.21 Å². The van der Waals surface area contributed by atoms with E-state index in [1.165, 1.54) is 0 Å². The van der Waals surface area contributed by atoms with Crippen molar-refractivity contribution in [2.45, 2.75) is 0 Å². The molecule has 5 heteroatoms. The standard InChI is InChI=1S/C10H13N4Se/c1-14(2)9-5-3-8(4-6-9)7-12-13-10(11)15/h3-7H,1-2H3,(H2,11,13). The maximum absolute atomic E-state index is 5.29. The molecule has 79 valence electrons. The third kappa shape index (κ3) is 4.14. The van der Waals surface area contributed by atoms with Gasteiger partial charge in [0.15, 0.2) is 0 Å². The van der Waals surface area contributed by atoms with Gasteiger partial charge in [-0.2, -0.15) is 0 Å². The van der Waals surface area contributed by atoms with Gasteiger partial charge in [0.05, 0.1) is 0 Å². The Balaban J connectivity index is 2.73. The van der Waals surface area contributed by atoms with Gasteiger partial charge < -0.3 is 0 Å². The second-order valence-electron chi connectivity index (χ2n) is 3.17. The van der Waals surface area contributed by atoms with Gasteiger partial charge in [0.1, 0.15) is 0 Å². The molecule has 1 aromatic carbocycles. The fourth-order valence-corrected chi connectivity index (χ4v) is 1.11. The number of nitrogens with two attached hydrogens (primary N) is 1. The van der Waals surface area contributed by atoms with E-state index in [4.69, 9.17) is 5.73 Å². The van der Waals surface area contributed by atoms with Crippen LogP contribution in [0.4, 0.5) is 5.69 Å². The molecule has 0 heterocycles. The first kappa shape index (κ1) is 11.8. The number of benzene rings is 1. The predicted molar refractivity (Wildman–Crippen MR) is 65.7 cm³/mol. The van der Waals surface area contributed by atoms with Gasteiger partial charge in [-0.3, -0.25) is 0 Å². The molecule has 4 nitrogen and oxygen atoms in total. The molecule has 0 amide bonds. The zero-order valence-electron chi connectivity index (χ0n) is 8.71. The molecule has 0 bridgehead atoms. The Bertz CT molecular complexity index is 364. The Labute approximate surface area is 97.7 Å². The Hall–Kier alpha value is -1.32. The van der Waals surface area contributed by atoms with E-state index >= 15 is 0 Å². The van der Waals surface area contributed by atoms with Crippen molar-refractivity contribution in [2.75, 3.05) is 19.0 Å². The molecule has 0 unspecified atom stereocenters. The van der Waals surface area contributed by atoms with Crippen molar-refractivity contribution in [3.05, 3.63) is 29.8 Å². The van der Waals surface area contributed by atoms with Crippen LogP contribution in [0.1, 0.15) is 5.56 Å². The summed E-state index contributed by atoms with van der Waals surface area (Å²) < 4.78 is 0.330. The molecule has 15 heavy (non-hydrogen) atoms. The van der Waals surface area contributed by atoms with E-state index in [-0.39, 0.29) is 0 Å². The number of anilines is 1. The Morgan fingerprint density at radius 2 is 1.93 bits per heavy atom. The van der Waals surface area contributed by atoms with Crippen molar-refractivity contribution in [1.82, 2.24) is 0 Å². The first-order valence-electron chi connectivity index (χ1n) is 4.40. The molecule has 0 aliphatic rings. The SMILES string of the molecule is CN(C)c1ccc(C=NN=C(N)[Se])cc1. The fourth-order valence-electron chi connectivity index (χ4n) is 1.01. The van der Waals surface area contributed by atoms with Crippen LogP contribution in [-0.2, 0) is 0 Å². The predicted octanol–water partition coefficient (Wildman–Crippen LogP) is 0.570. The molecule has 0 aliphatic carbocycles.